The van der Waals surface area contributed by atoms with Crippen LogP contribution in [-0.4, -0.2) is 49.5 Å². The van der Waals surface area contributed by atoms with Crippen LogP contribution in [0, 0.1) is 0 Å². The number of nitrogens with zero attached hydrogens (tertiary/aromatic N) is 3. The van der Waals surface area contributed by atoms with Crippen molar-refractivity contribution in [3.8, 4) is 16.3 Å². The highest BCUT2D eigenvalue weighted by atomic mass is 32.1. The molecule has 0 unspecified atom stereocenters. The SMILES string of the molecule is COc1ccccc1CCN=C(N)Nc1nc(-c2ccc(C(=O)N(C)C)s2)cs1. The average Bonchev–Trinajstić information content (AvgIpc) is 3.37. The summed E-state index contributed by atoms with van der Waals surface area (Å²) in [4.78, 5) is 24.1. The van der Waals surface area contributed by atoms with Crippen LogP contribution in [-0.2, 0) is 6.42 Å². The van der Waals surface area contributed by atoms with E-state index in [9.17, 15) is 4.79 Å². The summed E-state index contributed by atoms with van der Waals surface area (Å²) in [5, 5.41) is 5.62. The number of hydrogen-bond donors (Lipinski definition) is 2. The molecule has 0 aliphatic carbocycles. The van der Waals surface area contributed by atoms with Gasteiger partial charge in [-0.3, -0.25) is 9.79 Å². The second-order valence-corrected chi connectivity index (χ2v) is 8.30. The third-order valence-electron chi connectivity index (χ3n) is 4.07. The number of thiazole rings is 1. The van der Waals surface area contributed by atoms with Crippen LogP contribution in [0.2, 0.25) is 0 Å². The Hall–Kier alpha value is -2.91. The fourth-order valence-corrected chi connectivity index (χ4v) is 4.39. The molecule has 0 aliphatic heterocycles. The highest BCUT2D eigenvalue weighted by Gasteiger charge is 2.14. The van der Waals surface area contributed by atoms with E-state index in [-0.39, 0.29) is 5.91 Å². The number of rotatable bonds is 7. The van der Waals surface area contributed by atoms with Gasteiger partial charge in [-0.25, -0.2) is 4.98 Å². The molecular weight excluding hydrogens is 406 g/mol. The van der Waals surface area contributed by atoms with Crippen molar-refractivity contribution in [1.29, 1.82) is 0 Å². The summed E-state index contributed by atoms with van der Waals surface area (Å²) in [6.45, 7) is 0.540. The number of anilines is 1. The van der Waals surface area contributed by atoms with E-state index >= 15 is 0 Å². The Morgan fingerprint density at radius 1 is 1.28 bits per heavy atom. The number of ether oxygens (including phenoxy) is 1. The molecule has 3 aromatic rings. The van der Waals surface area contributed by atoms with Crippen molar-refractivity contribution >= 4 is 39.7 Å². The van der Waals surface area contributed by atoms with Crippen molar-refractivity contribution in [2.75, 3.05) is 33.1 Å². The van der Waals surface area contributed by atoms with Crippen molar-refractivity contribution in [3.05, 3.63) is 52.2 Å². The standard InChI is InChI=1S/C20H23N5O2S2/c1-25(2)18(26)17-9-8-16(29-17)14-12-28-20(23-14)24-19(21)22-11-10-13-6-4-5-7-15(13)27-3/h4-9,12H,10-11H2,1-3H3,(H3,21,22,23,24). The van der Waals surface area contributed by atoms with Crippen LogP contribution in [0.3, 0.4) is 0 Å². The first-order valence-corrected chi connectivity index (χ1v) is 10.6. The molecule has 29 heavy (non-hydrogen) atoms. The van der Waals surface area contributed by atoms with Gasteiger partial charge in [-0.1, -0.05) is 18.2 Å². The topological polar surface area (TPSA) is 92.8 Å². The first-order valence-electron chi connectivity index (χ1n) is 8.94. The van der Waals surface area contributed by atoms with Gasteiger partial charge in [0.05, 0.1) is 22.6 Å². The number of nitrogens with one attached hydrogen (secondary N) is 1. The average molecular weight is 430 g/mol. The maximum atomic E-state index is 12.0. The molecular formula is C20H23N5O2S2. The minimum atomic E-state index is -0.0127. The van der Waals surface area contributed by atoms with E-state index < -0.39 is 0 Å². The Morgan fingerprint density at radius 3 is 2.83 bits per heavy atom. The molecule has 2 heterocycles. The first kappa shape index (κ1) is 20.8. The van der Waals surface area contributed by atoms with Gasteiger partial charge in [0, 0.05) is 26.0 Å². The number of para-hydroxylation sites is 1. The van der Waals surface area contributed by atoms with E-state index in [1.165, 1.54) is 22.7 Å². The molecule has 1 aromatic carbocycles. The first-order chi connectivity index (χ1) is 14.0. The smallest absolute Gasteiger partial charge is 0.263 e. The van der Waals surface area contributed by atoms with Gasteiger partial charge >= 0.3 is 0 Å². The Bertz CT molecular complexity index is 1010. The van der Waals surface area contributed by atoms with E-state index in [4.69, 9.17) is 10.5 Å². The van der Waals surface area contributed by atoms with Gasteiger partial charge in [0.15, 0.2) is 11.1 Å². The van der Waals surface area contributed by atoms with Crippen molar-refractivity contribution in [2.24, 2.45) is 10.7 Å². The molecule has 3 N–H and O–H groups in total. The molecule has 152 valence electrons. The number of methoxy groups -OCH3 is 1. The number of thiophene rings is 1. The maximum absolute atomic E-state index is 12.0. The lowest BCUT2D eigenvalue weighted by Crippen LogP contribution is -2.23. The van der Waals surface area contributed by atoms with Gasteiger partial charge in [0.1, 0.15) is 5.75 Å². The predicted molar refractivity (Wildman–Crippen MR) is 120 cm³/mol. The monoisotopic (exact) mass is 429 g/mol. The molecule has 9 heteroatoms. The molecule has 1 amide bonds. The molecule has 0 aliphatic rings. The van der Waals surface area contributed by atoms with Crippen LogP contribution in [0.25, 0.3) is 10.6 Å². The molecule has 7 nitrogen and oxygen atoms in total. The van der Waals surface area contributed by atoms with Crippen molar-refractivity contribution in [3.63, 3.8) is 0 Å². The lowest BCUT2D eigenvalue weighted by Gasteiger charge is -2.07. The Labute approximate surface area is 177 Å². The van der Waals surface area contributed by atoms with E-state index in [0.717, 1.165) is 28.3 Å². The minimum absolute atomic E-state index is 0.0127. The fourth-order valence-electron chi connectivity index (χ4n) is 2.61. The predicted octanol–water partition coefficient (Wildman–Crippen LogP) is 3.55. The zero-order chi connectivity index (χ0) is 20.8. The number of guanidine groups is 1. The van der Waals surface area contributed by atoms with Gasteiger partial charge in [-0.2, -0.15) is 0 Å². The summed E-state index contributed by atoms with van der Waals surface area (Å²) in [5.74, 6) is 1.15. The van der Waals surface area contributed by atoms with Crippen LogP contribution in [0.15, 0.2) is 46.8 Å². The molecule has 0 fully saturated rings. The Balaban J connectivity index is 1.59. The number of aromatic nitrogens is 1. The second-order valence-electron chi connectivity index (χ2n) is 6.36. The normalized spacial score (nSPS) is 11.3. The molecule has 2 aromatic heterocycles. The number of aliphatic imine (C=N–C) groups is 1. The zero-order valence-electron chi connectivity index (χ0n) is 16.5. The highest BCUT2D eigenvalue weighted by molar-refractivity contribution is 7.18. The number of carbonyl (C=O) groups excluding carboxylic acids is 1. The summed E-state index contributed by atoms with van der Waals surface area (Å²) in [6, 6.07) is 11.6. The molecule has 0 saturated carbocycles. The summed E-state index contributed by atoms with van der Waals surface area (Å²) in [7, 11) is 5.14. The molecule has 0 bridgehead atoms. The Morgan fingerprint density at radius 2 is 2.07 bits per heavy atom. The van der Waals surface area contributed by atoms with E-state index in [2.05, 4.69) is 15.3 Å². The van der Waals surface area contributed by atoms with E-state index in [1.807, 2.05) is 41.8 Å². The van der Waals surface area contributed by atoms with E-state index in [1.54, 1.807) is 26.1 Å². The molecule has 0 saturated heterocycles. The molecule has 0 atom stereocenters. The number of benzene rings is 1. The zero-order valence-corrected chi connectivity index (χ0v) is 18.1. The van der Waals surface area contributed by atoms with Gasteiger partial charge in [0.25, 0.3) is 5.91 Å². The third-order valence-corrected chi connectivity index (χ3v) is 5.92. The summed E-state index contributed by atoms with van der Waals surface area (Å²) in [5.41, 5.74) is 7.89. The third kappa shape index (κ3) is 5.33. The number of hydrogen-bond acceptors (Lipinski definition) is 6. The molecule has 3 rings (SSSR count). The van der Waals surface area contributed by atoms with E-state index in [0.29, 0.717) is 22.5 Å². The molecule has 0 radical (unpaired) electrons. The van der Waals surface area contributed by atoms with Crippen molar-refractivity contribution in [1.82, 2.24) is 9.88 Å². The van der Waals surface area contributed by atoms with Gasteiger partial charge in [-0.05, 0) is 30.2 Å². The van der Waals surface area contributed by atoms with Crippen LogP contribution in [0.5, 0.6) is 5.75 Å². The summed E-state index contributed by atoms with van der Waals surface area (Å²) < 4.78 is 5.35. The van der Waals surface area contributed by atoms with Crippen LogP contribution in [0.1, 0.15) is 15.2 Å². The van der Waals surface area contributed by atoms with Crippen molar-refractivity contribution in [2.45, 2.75) is 6.42 Å². The lowest BCUT2D eigenvalue weighted by atomic mass is 10.1. The lowest BCUT2D eigenvalue weighted by molar-refractivity contribution is 0.0832. The minimum Gasteiger partial charge on any atom is -0.496 e. The molecule has 0 spiro atoms. The summed E-state index contributed by atoms with van der Waals surface area (Å²) >= 11 is 2.86. The van der Waals surface area contributed by atoms with Crippen molar-refractivity contribution < 1.29 is 9.53 Å². The van der Waals surface area contributed by atoms with Crippen LogP contribution >= 0.6 is 22.7 Å². The van der Waals surface area contributed by atoms with Crippen LogP contribution < -0.4 is 15.8 Å². The summed E-state index contributed by atoms with van der Waals surface area (Å²) in [6.07, 6.45) is 0.730. The van der Waals surface area contributed by atoms with Crippen LogP contribution in [0.4, 0.5) is 5.13 Å². The van der Waals surface area contributed by atoms with Gasteiger partial charge in [0.2, 0.25) is 0 Å². The fraction of sp³-hybridized carbons (Fsp3) is 0.250. The second kappa shape index (κ2) is 9.53. The number of carbonyl (C=O) groups is 1. The highest BCUT2D eigenvalue weighted by Crippen LogP contribution is 2.31. The van der Waals surface area contributed by atoms with Gasteiger partial charge < -0.3 is 20.7 Å². The Kier molecular flexibility index (Phi) is 6.84. The largest absolute Gasteiger partial charge is 0.496 e. The quantitative estimate of drug-likeness (QED) is 0.443. The number of nitrogens with two attached hydrogens (primary N) is 1. The van der Waals surface area contributed by atoms with Gasteiger partial charge in [-0.15, -0.1) is 22.7 Å². The maximum Gasteiger partial charge on any atom is 0.263 e. The number of amides is 1.